The van der Waals surface area contributed by atoms with Crippen LogP contribution in [0.2, 0.25) is 0 Å². The van der Waals surface area contributed by atoms with Gasteiger partial charge in [-0.1, -0.05) is 36.4 Å². The summed E-state index contributed by atoms with van der Waals surface area (Å²) in [6.07, 6.45) is 5.38. The summed E-state index contributed by atoms with van der Waals surface area (Å²) in [6.45, 7) is 8.96. The highest BCUT2D eigenvalue weighted by Gasteiger charge is 2.53. The Morgan fingerprint density at radius 3 is 1.39 bits per heavy atom. The van der Waals surface area contributed by atoms with Crippen LogP contribution in [-0.4, -0.2) is 39.0 Å². The van der Waals surface area contributed by atoms with E-state index in [0.29, 0.717) is 13.2 Å². The largest absolute Gasteiger partial charge is 0.457 e. The quantitative estimate of drug-likeness (QED) is 0.332. The first-order valence-electron chi connectivity index (χ1n) is 10.6. The van der Waals surface area contributed by atoms with Gasteiger partial charge in [-0.25, -0.2) is 0 Å². The van der Waals surface area contributed by atoms with Gasteiger partial charge < -0.3 is 23.7 Å². The van der Waals surface area contributed by atoms with E-state index in [9.17, 15) is 0 Å². The van der Waals surface area contributed by atoms with Gasteiger partial charge in [-0.3, -0.25) is 0 Å². The van der Waals surface area contributed by atoms with Crippen LogP contribution in [-0.2, 0) is 18.9 Å². The van der Waals surface area contributed by atoms with Crippen molar-refractivity contribution >= 4 is 0 Å². The van der Waals surface area contributed by atoms with E-state index >= 15 is 0 Å². The molecule has 2 saturated heterocycles. The van der Waals surface area contributed by atoms with E-state index < -0.39 is 11.6 Å². The molecule has 0 N–H and O–H groups in total. The van der Waals surface area contributed by atoms with Crippen LogP contribution in [0.15, 0.2) is 73.8 Å². The summed E-state index contributed by atoms with van der Waals surface area (Å²) in [7, 11) is 3.38. The van der Waals surface area contributed by atoms with Crippen molar-refractivity contribution in [1.29, 1.82) is 0 Å². The van der Waals surface area contributed by atoms with Gasteiger partial charge in [0.15, 0.2) is 11.6 Å². The van der Waals surface area contributed by atoms with Gasteiger partial charge in [0.25, 0.3) is 0 Å². The molecule has 5 nitrogen and oxygen atoms in total. The molecule has 0 saturated carbocycles. The Bertz CT molecular complexity index is 819. The highest BCUT2D eigenvalue weighted by Crippen LogP contribution is 2.46. The number of methoxy groups -OCH3 is 2. The van der Waals surface area contributed by atoms with E-state index in [-0.39, 0.29) is 11.8 Å². The molecule has 2 heterocycles. The normalized spacial score (nSPS) is 26.0. The van der Waals surface area contributed by atoms with Crippen molar-refractivity contribution in [2.75, 3.05) is 27.4 Å². The maximum atomic E-state index is 6.06. The molecule has 4 rings (SSSR count). The van der Waals surface area contributed by atoms with E-state index in [2.05, 4.69) is 37.4 Å². The minimum absolute atomic E-state index is 0.114. The highest BCUT2D eigenvalue weighted by molar-refractivity contribution is 5.38. The fourth-order valence-corrected chi connectivity index (χ4v) is 4.21. The molecule has 2 aromatic carbocycles. The van der Waals surface area contributed by atoms with Gasteiger partial charge in [-0.2, -0.15) is 0 Å². The average molecular weight is 423 g/mol. The number of allylic oxidation sites excluding steroid dienone is 2. The highest BCUT2D eigenvalue weighted by atomic mass is 16.8. The molecular weight excluding hydrogens is 392 g/mol. The van der Waals surface area contributed by atoms with Gasteiger partial charge in [-0.05, 0) is 48.2 Å². The van der Waals surface area contributed by atoms with E-state index in [1.807, 2.05) is 36.4 Å². The van der Waals surface area contributed by atoms with Crippen LogP contribution in [0.5, 0.6) is 11.5 Å². The zero-order valence-corrected chi connectivity index (χ0v) is 18.2. The van der Waals surface area contributed by atoms with Crippen molar-refractivity contribution in [1.82, 2.24) is 0 Å². The minimum atomic E-state index is -0.529. The third-order valence-corrected chi connectivity index (χ3v) is 6.22. The predicted molar refractivity (Wildman–Crippen MR) is 119 cm³/mol. The maximum absolute atomic E-state index is 6.06. The Morgan fingerprint density at radius 2 is 1.13 bits per heavy atom. The summed E-state index contributed by atoms with van der Waals surface area (Å²) in [4.78, 5) is 0. The molecule has 2 aliphatic rings. The second-order valence-electron chi connectivity index (χ2n) is 8.00. The molecule has 2 aliphatic heterocycles. The number of epoxide rings is 2. The van der Waals surface area contributed by atoms with E-state index in [1.165, 1.54) is 0 Å². The van der Waals surface area contributed by atoms with Crippen molar-refractivity contribution < 1.29 is 23.7 Å². The topological polar surface area (TPSA) is 52.8 Å². The maximum Gasteiger partial charge on any atom is 0.199 e. The Balaban J connectivity index is 1.45. The summed E-state index contributed by atoms with van der Waals surface area (Å²) in [5.74, 6) is 0.723. The first-order valence-corrected chi connectivity index (χ1v) is 10.6. The van der Waals surface area contributed by atoms with Crippen LogP contribution >= 0.6 is 0 Å². The lowest BCUT2D eigenvalue weighted by Gasteiger charge is -2.23. The summed E-state index contributed by atoms with van der Waals surface area (Å²) < 4.78 is 28.5. The molecule has 0 aliphatic carbocycles. The van der Waals surface area contributed by atoms with Crippen molar-refractivity contribution in [2.45, 2.75) is 36.3 Å². The Kier molecular flexibility index (Phi) is 6.30. The van der Waals surface area contributed by atoms with Crippen LogP contribution in [0, 0.1) is 0 Å². The number of hydrogen-bond acceptors (Lipinski definition) is 5. The summed E-state index contributed by atoms with van der Waals surface area (Å²) in [6, 6.07) is 16.2. The van der Waals surface area contributed by atoms with E-state index in [1.54, 1.807) is 14.2 Å². The smallest absolute Gasteiger partial charge is 0.199 e. The van der Waals surface area contributed by atoms with Crippen molar-refractivity contribution in [3.8, 4) is 11.5 Å². The Hall–Kier alpha value is -2.44. The van der Waals surface area contributed by atoms with Gasteiger partial charge in [0, 0.05) is 26.1 Å². The van der Waals surface area contributed by atoms with Gasteiger partial charge >= 0.3 is 0 Å². The molecular formula is C26H30O5. The summed E-state index contributed by atoms with van der Waals surface area (Å²) in [5.41, 5.74) is 2.28. The van der Waals surface area contributed by atoms with Gasteiger partial charge in [0.2, 0.25) is 0 Å². The zero-order chi connectivity index (χ0) is 21.9. The Labute approximate surface area is 184 Å². The monoisotopic (exact) mass is 422 g/mol. The lowest BCUT2D eigenvalue weighted by Crippen LogP contribution is -2.24. The molecule has 31 heavy (non-hydrogen) atoms. The number of rotatable bonds is 12. The van der Waals surface area contributed by atoms with Gasteiger partial charge in [-0.15, -0.1) is 13.2 Å². The Morgan fingerprint density at radius 1 is 0.774 bits per heavy atom. The molecule has 164 valence electrons. The molecule has 0 aromatic heterocycles. The number of ether oxygens (including phenoxy) is 5. The van der Waals surface area contributed by atoms with Crippen molar-refractivity contribution in [3.05, 3.63) is 85.0 Å². The molecule has 0 bridgehead atoms. The molecule has 0 radical (unpaired) electrons. The molecule has 0 amide bonds. The van der Waals surface area contributed by atoms with Crippen LogP contribution < -0.4 is 4.74 Å². The molecule has 2 fully saturated rings. The average Bonchev–Trinajstić information content (AvgIpc) is 3.73. The van der Waals surface area contributed by atoms with Gasteiger partial charge in [0.1, 0.15) is 24.7 Å². The fraction of sp³-hybridized carbons (Fsp3) is 0.385. The fourth-order valence-electron chi connectivity index (χ4n) is 4.21. The predicted octanol–water partition coefficient (Wildman–Crippen LogP) is 5.54. The lowest BCUT2D eigenvalue weighted by molar-refractivity contribution is -0.0309. The standard InChI is InChI=1S/C26H30O5/c1-5-7-23(25(27-3)17-29-25)19-9-13-21(14-10-19)31-22-15-11-20(12-16-22)24(8-6-2)26(28-4)18-30-26/h5-6,9-16,23-24H,1-2,7-8,17-18H2,3-4H3. The van der Waals surface area contributed by atoms with Crippen LogP contribution in [0.4, 0.5) is 0 Å². The zero-order valence-electron chi connectivity index (χ0n) is 18.2. The van der Waals surface area contributed by atoms with Crippen LogP contribution in [0.25, 0.3) is 0 Å². The third kappa shape index (κ3) is 4.46. The number of hydrogen-bond donors (Lipinski definition) is 0. The van der Waals surface area contributed by atoms with E-state index in [0.717, 1.165) is 35.5 Å². The third-order valence-electron chi connectivity index (χ3n) is 6.22. The van der Waals surface area contributed by atoms with Crippen LogP contribution in [0.1, 0.15) is 35.8 Å². The molecule has 4 unspecified atom stereocenters. The molecule has 5 heteroatoms. The first kappa shape index (κ1) is 21.8. The van der Waals surface area contributed by atoms with Gasteiger partial charge in [0.05, 0.1) is 0 Å². The summed E-state index contributed by atoms with van der Waals surface area (Å²) in [5, 5.41) is 0. The molecule has 2 aromatic rings. The van der Waals surface area contributed by atoms with E-state index in [4.69, 9.17) is 23.7 Å². The SMILES string of the molecule is C=CCC(c1ccc(Oc2ccc(C(CC=C)C3(OC)CO3)cc2)cc1)C1(OC)CO1. The minimum Gasteiger partial charge on any atom is -0.457 e. The first-order chi connectivity index (χ1) is 15.1. The second kappa shape index (κ2) is 8.97. The lowest BCUT2D eigenvalue weighted by atomic mass is 9.90. The molecule has 4 atom stereocenters. The van der Waals surface area contributed by atoms with Crippen molar-refractivity contribution in [3.63, 3.8) is 0 Å². The van der Waals surface area contributed by atoms with Crippen LogP contribution in [0.3, 0.4) is 0 Å². The number of benzene rings is 2. The second-order valence-corrected chi connectivity index (χ2v) is 8.00. The summed E-state index contributed by atoms with van der Waals surface area (Å²) >= 11 is 0. The molecule has 0 spiro atoms. The van der Waals surface area contributed by atoms with Crippen molar-refractivity contribution in [2.24, 2.45) is 0 Å².